The smallest absolute Gasteiger partial charge is 0.259 e. The first-order valence-electron chi connectivity index (χ1n) is 8.60. The molecule has 0 N–H and O–H groups in total. The van der Waals surface area contributed by atoms with Gasteiger partial charge in [-0.2, -0.15) is 5.26 Å². The van der Waals surface area contributed by atoms with Crippen molar-refractivity contribution >= 4 is 34.6 Å². The number of aryl methyl sites for hydroxylation is 2. The standard InChI is InChI=1S/C20H18N4OS/c1-13-4-6-15(7-5-13)24-19(26)23(18(25)20(24)8-3-9-20)16-10-14(2)17(11-21)22-12-16/h4-7,10,12H,3,8-9H2,1-2H3. The lowest BCUT2D eigenvalue weighted by molar-refractivity contribution is -0.123. The minimum Gasteiger partial charge on any atom is -0.303 e. The molecule has 0 bridgehead atoms. The van der Waals surface area contributed by atoms with Crippen molar-refractivity contribution < 1.29 is 4.79 Å². The Kier molecular flexibility index (Phi) is 3.78. The molecule has 6 heteroatoms. The summed E-state index contributed by atoms with van der Waals surface area (Å²) >= 11 is 5.73. The first kappa shape index (κ1) is 16.7. The van der Waals surface area contributed by atoms with Gasteiger partial charge in [-0.1, -0.05) is 17.7 Å². The lowest BCUT2D eigenvalue weighted by Crippen LogP contribution is -2.55. The van der Waals surface area contributed by atoms with Gasteiger partial charge in [0.2, 0.25) is 0 Å². The number of carbonyl (C=O) groups excluding carboxylic acids is 1. The van der Waals surface area contributed by atoms with E-state index in [1.54, 1.807) is 17.2 Å². The number of aromatic nitrogens is 1. The predicted octanol–water partition coefficient (Wildman–Crippen LogP) is 3.63. The lowest BCUT2D eigenvalue weighted by Gasteiger charge is -2.43. The quantitative estimate of drug-likeness (QED) is 0.764. The zero-order chi connectivity index (χ0) is 18.5. The summed E-state index contributed by atoms with van der Waals surface area (Å²) in [5.41, 5.74) is 3.23. The maximum absolute atomic E-state index is 13.3. The predicted molar refractivity (Wildman–Crippen MR) is 104 cm³/mol. The van der Waals surface area contributed by atoms with Gasteiger partial charge in [-0.15, -0.1) is 0 Å². The van der Waals surface area contributed by atoms with E-state index >= 15 is 0 Å². The molecule has 4 rings (SSSR count). The van der Waals surface area contributed by atoms with Crippen molar-refractivity contribution in [3.63, 3.8) is 0 Å². The molecule has 1 saturated heterocycles. The molecule has 0 radical (unpaired) electrons. The van der Waals surface area contributed by atoms with E-state index in [2.05, 4.69) is 11.1 Å². The first-order valence-corrected chi connectivity index (χ1v) is 9.01. The second-order valence-electron chi connectivity index (χ2n) is 6.95. The van der Waals surface area contributed by atoms with Gasteiger partial charge in [0.15, 0.2) is 5.11 Å². The van der Waals surface area contributed by atoms with Crippen LogP contribution < -0.4 is 9.80 Å². The lowest BCUT2D eigenvalue weighted by atomic mass is 9.75. The number of benzene rings is 1. The van der Waals surface area contributed by atoms with E-state index in [-0.39, 0.29) is 5.91 Å². The summed E-state index contributed by atoms with van der Waals surface area (Å²) in [6.07, 6.45) is 4.15. The van der Waals surface area contributed by atoms with E-state index in [9.17, 15) is 4.79 Å². The Morgan fingerprint density at radius 3 is 2.42 bits per heavy atom. The fourth-order valence-corrected chi connectivity index (χ4v) is 4.17. The van der Waals surface area contributed by atoms with Crippen molar-refractivity contribution in [2.24, 2.45) is 0 Å². The second kappa shape index (κ2) is 5.89. The van der Waals surface area contributed by atoms with E-state index in [1.165, 1.54) is 0 Å². The van der Waals surface area contributed by atoms with Gasteiger partial charge in [0.1, 0.15) is 17.3 Å². The fourth-order valence-electron chi connectivity index (χ4n) is 3.70. The molecule has 0 unspecified atom stereocenters. The number of hydrogen-bond acceptors (Lipinski definition) is 4. The molecule has 2 fully saturated rings. The van der Waals surface area contributed by atoms with Crippen molar-refractivity contribution in [1.82, 2.24) is 4.98 Å². The molecule has 1 aromatic carbocycles. The highest BCUT2D eigenvalue weighted by Gasteiger charge is 2.59. The zero-order valence-electron chi connectivity index (χ0n) is 14.7. The second-order valence-corrected chi connectivity index (χ2v) is 7.32. The average Bonchev–Trinajstić information content (AvgIpc) is 2.83. The first-order chi connectivity index (χ1) is 12.5. The third-order valence-corrected chi connectivity index (χ3v) is 5.68. The molecule has 5 nitrogen and oxygen atoms in total. The Labute approximate surface area is 157 Å². The number of carbonyl (C=O) groups is 1. The van der Waals surface area contributed by atoms with Gasteiger partial charge in [-0.05, 0) is 69.1 Å². The minimum atomic E-state index is -0.589. The van der Waals surface area contributed by atoms with Gasteiger partial charge in [0.25, 0.3) is 5.91 Å². The molecule has 1 spiro atoms. The molecule has 1 aliphatic heterocycles. The summed E-state index contributed by atoms with van der Waals surface area (Å²) in [7, 11) is 0. The van der Waals surface area contributed by atoms with Crippen molar-refractivity contribution in [3.05, 3.63) is 53.3 Å². The number of nitriles is 1. The highest BCUT2D eigenvalue weighted by Crippen LogP contribution is 2.47. The summed E-state index contributed by atoms with van der Waals surface area (Å²) in [4.78, 5) is 21.1. The zero-order valence-corrected chi connectivity index (χ0v) is 15.5. The van der Waals surface area contributed by atoms with Crippen molar-refractivity contribution in [2.75, 3.05) is 9.80 Å². The van der Waals surface area contributed by atoms with E-state index in [4.69, 9.17) is 17.5 Å². The van der Waals surface area contributed by atoms with Crippen LogP contribution in [0.1, 0.15) is 36.1 Å². The molecule has 2 aliphatic rings. The van der Waals surface area contributed by atoms with Gasteiger partial charge in [0.05, 0.1) is 11.9 Å². The van der Waals surface area contributed by atoms with Gasteiger partial charge >= 0.3 is 0 Å². The van der Waals surface area contributed by atoms with Crippen LogP contribution in [0, 0.1) is 25.2 Å². The van der Waals surface area contributed by atoms with Crippen molar-refractivity contribution in [1.29, 1.82) is 5.26 Å². The van der Waals surface area contributed by atoms with Gasteiger partial charge < -0.3 is 4.90 Å². The summed E-state index contributed by atoms with van der Waals surface area (Å²) in [5, 5.41) is 9.57. The summed E-state index contributed by atoms with van der Waals surface area (Å²) < 4.78 is 0. The van der Waals surface area contributed by atoms with Gasteiger partial charge in [-0.3, -0.25) is 9.69 Å². The Morgan fingerprint density at radius 2 is 1.88 bits per heavy atom. The van der Waals surface area contributed by atoms with Crippen LogP contribution in [0.15, 0.2) is 36.5 Å². The highest BCUT2D eigenvalue weighted by molar-refractivity contribution is 7.81. The topological polar surface area (TPSA) is 60.2 Å². The normalized spacial score (nSPS) is 18.2. The molecule has 2 heterocycles. The SMILES string of the molecule is Cc1ccc(N2C(=S)N(c3cnc(C#N)c(C)c3)C(=O)C23CCC3)cc1. The molecule has 1 aliphatic carbocycles. The summed E-state index contributed by atoms with van der Waals surface area (Å²) in [5.74, 6) is 0.000215. The fraction of sp³-hybridized carbons (Fsp3) is 0.300. The Hall–Kier alpha value is -2.78. The third-order valence-electron chi connectivity index (χ3n) is 5.31. The number of hydrogen-bond donors (Lipinski definition) is 0. The number of thiocarbonyl (C=S) groups is 1. The number of amides is 1. The van der Waals surface area contributed by atoms with Crippen LogP contribution in [0.4, 0.5) is 11.4 Å². The van der Waals surface area contributed by atoms with Crippen LogP contribution in [-0.2, 0) is 4.79 Å². The highest BCUT2D eigenvalue weighted by atomic mass is 32.1. The molecule has 26 heavy (non-hydrogen) atoms. The van der Waals surface area contributed by atoms with Crippen molar-refractivity contribution in [2.45, 2.75) is 38.6 Å². The monoisotopic (exact) mass is 362 g/mol. The molecular formula is C20H18N4OS. The van der Waals surface area contributed by atoms with E-state index < -0.39 is 5.54 Å². The van der Waals surface area contributed by atoms with Gasteiger partial charge in [-0.25, -0.2) is 4.98 Å². The largest absolute Gasteiger partial charge is 0.303 e. The van der Waals surface area contributed by atoms with Crippen LogP contribution in [-0.4, -0.2) is 21.5 Å². The number of rotatable bonds is 2. The number of nitrogens with zero attached hydrogens (tertiary/aromatic N) is 4. The molecule has 1 aromatic heterocycles. The number of anilines is 2. The van der Waals surface area contributed by atoms with Crippen LogP contribution in [0.5, 0.6) is 0 Å². The Balaban J connectivity index is 1.80. The average molecular weight is 362 g/mol. The Morgan fingerprint density at radius 1 is 1.19 bits per heavy atom. The maximum Gasteiger partial charge on any atom is 0.259 e. The molecule has 2 aromatic rings. The Bertz CT molecular complexity index is 957. The van der Waals surface area contributed by atoms with Crippen LogP contribution in [0.3, 0.4) is 0 Å². The van der Waals surface area contributed by atoms with E-state index in [0.29, 0.717) is 16.5 Å². The summed E-state index contributed by atoms with van der Waals surface area (Å²) in [6.45, 7) is 3.85. The number of pyridine rings is 1. The van der Waals surface area contributed by atoms with Crippen LogP contribution in [0.2, 0.25) is 0 Å². The van der Waals surface area contributed by atoms with Crippen LogP contribution in [0.25, 0.3) is 0 Å². The molecule has 130 valence electrons. The molecule has 0 atom stereocenters. The minimum absolute atomic E-state index is 0.000215. The van der Waals surface area contributed by atoms with E-state index in [0.717, 1.165) is 36.1 Å². The van der Waals surface area contributed by atoms with Gasteiger partial charge in [0, 0.05) is 5.69 Å². The van der Waals surface area contributed by atoms with Crippen LogP contribution >= 0.6 is 12.2 Å². The third kappa shape index (κ3) is 2.24. The van der Waals surface area contributed by atoms with E-state index in [1.807, 2.05) is 43.0 Å². The molecule has 1 amide bonds. The molecule has 1 saturated carbocycles. The molecular weight excluding hydrogens is 344 g/mol. The maximum atomic E-state index is 13.3. The van der Waals surface area contributed by atoms with Crippen molar-refractivity contribution in [3.8, 4) is 6.07 Å². The summed E-state index contributed by atoms with van der Waals surface area (Å²) in [6, 6.07) is 12.0.